The monoisotopic (exact) mass is 474 g/mol. The van der Waals surface area contributed by atoms with Crippen LogP contribution >= 0.6 is 23.4 Å². The van der Waals surface area contributed by atoms with Crippen LogP contribution in [0.15, 0.2) is 53.7 Å². The zero-order chi connectivity index (χ0) is 23.1. The number of rotatable bonds is 9. The second-order valence-electron chi connectivity index (χ2n) is 6.68. The molecule has 1 amide bonds. The van der Waals surface area contributed by atoms with E-state index in [2.05, 4.69) is 20.3 Å². The van der Waals surface area contributed by atoms with Crippen molar-refractivity contribution in [1.29, 1.82) is 0 Å². The molecule has 10 heteroatoms. The maximum Gasteiger partial charge on any atom is 0.337 e. The molecule has 168 valence electrons. The fourth-order valence-electron chi connectivity index (χ4n) is 2.92. The van der Waals surface area contributed by atoms with Gasteiger partial charge in [-0.1, -0.05) is 35.5 Å². The summed E-state index contributed by atoms with van der Waals surface area (Å²) in [5, 5.41) is 12.4. The number of nitrogens with zero attached hydrogens (tertiary/aromatic N) is 3. The Morgan fingerprint density at radius 2 is 1.88 bits per heavy atom. The van der Waals surface area contributed by atoms with E-state index in [0.717, 1.165) is 0 Å². The lowest BCUT2D eigenvalue weighted by Crippen LogP contribution is -2.15. The summed E-state index contributed by atoms with van der Waals surface area (Å²) in [6.45, 7) is 4.47. The molecule has 1 heterocycles. The maximum atomic E-state index is 12.4. The van der Waals surface area contributed by atoms with Crippen molar-refractivity contribution in [2.45, 2.75) is 31.7 Å². The van der Waals surface area contributed by atoms with E-state index in [-0.39, 0.29) is 17.8 Å². The SMILES string of the molecule is CCn1c(SCC(=O)Nc2ccc(C(=O)OC)cc2)nnc1[C@H](C)Oc1ccccc1Cl. The van der Waals surface area contributed by atoms with Crippen LogP contribution in [0.3, 0.4) is 0 Å². The van der Waals surface area contributed by atoms with Gasteiger partial charge >= 0.3 is 5.97 Å². The maximum absolute atomic E-state index is 12.4. The summed E-state index contributed by atoms with van der Waals surface area (Å²) in [5.74, 6) is 0.735. The summed E-state index contributed by atoms with van der Waals surface area (Å²) in [7, 11) is 1.32. The minimum atomic E-state index is -0.430. The molecule has 0 bridgehead atoms. The Bertz CT molecular complexity index is 1090. The van der Waals surface area contributed by atoms with E-state index < -0.39 is 5.97 Å². The third-order valence-corrected chi connectivity index (χ3v) is 5.77. The summed E-state index contributed by atoms with van der Waals surface area (Å²) in [5.41, 5.74) is 0.999. The molecule has 0 unspecified atom stereocenters. The molecule has 0 aliphatic rings. The number of esters is 1. The number of methoxy groups -OCH3 is 1. The zero-order valence-corrected chi connectivity index (χ0v) is 19.4. The molecule has 1 N–H and O–H groups in total. The van der Waals surface area contributed by atoms with Crippen LogP contribution in [-0.4, -0.2) is 39.5 Å². The van der Waals surface area contributed by atoms with Gasteiger partial charge in [-0.3, -0.25) is 4.79 Å². The number of thioether (sulfide) groups is 1. The molecular weight excluding hydrogens is 452 g/mol. The van der Waals surface area contributed by atoms with Gasteiger partial charge in [0.05, 0.1) is 23.4 Å². The molecule has 0 aliphatic carbocycles. The van der Waals surface area contributed by atoms with Gasteiger partial charge in [-0.05, 0) is 50.2 Å². The highest BCUT2D eigenvalue weighted by Gasteiger charge is 2.20. The van der Waals surface area contributed by atoms with Crippen LogP contribution in [0.1, 0.15) is 36.1 Å². The Balaban J connectivity index is 1.60. The molecule has 0 saturated heterocycles. The van der Waals surface area contributed by atoms with Crippen LogP contribution in [0.5, 0.6) is 5.75 Å². The van der Waals surface area contributed by atoms with Crippen molar-refractivity contribution in [3.63, 3.8) is 0 Å². The molecule has 0 aliphatic heterocycles. The number of carbonyl (C=O) groups excluding carboxylic acids is 2. The highest BCUT2D eigenvalue weighted by atomic mass is 35.5. The zero-order valence-electron chi connectivity index (χ0n) is 17.9. The number of benzene rings is 2. The average molecular weight is 475 g/mol. The van der Waals surface area contributed by atoms with Gasteiger partial charge < -0.3 is 19.4 Å². The van der Waals surface area contributed by atoms with Crippen molar-refractivity contribution in [2.24, 2.45) is 0 Å². The van der Waals surface area contributed by atoms with Crippen molar-refractivity contribution >= 4 is 40.9 Å². The summed E-state index contributed by atoms with van der Waals surface area (Å²) >= 11 is 7.46. The first-order valence-corrected chi connectivity index (χ1v) is 11.2. The molecule has 3 aromatic rings. The van der Waals surface area contributed by atoms with E-state index in [1.807, 2.05) is 30.5 Å². The Kier molecular flexibility index (Phi) is 8.13. The molecule has 0 fully saturated rings. The standard InChI is InChI=1S/C22H23ClN4O4S/c1-4-27-20(14(2)31-18-8-6-5-7-17(18)23)25-26-22(27)32-13-19(28)24-16-11-9-15(10-12-16)21(29)30-3/h5-12,14H,4,13H2,1-3H3,(H,24,28)/t14-/m0/s1. The third-order valence-electron chi connectivity index (χ3n) is 4.49. The number of amides is 1. The largest absolute Gasteiger partial charge is 0.481 e. The summed E-state index contributed by atoms with van der Waals surface area (Å²) in [6, 6.07) is 13.7. The quantitative estimate of drug-likeness (QED) is 0.357. The highest BCUT2D eigenvalue weighted by Crippen LogP contribution is 2.29. The number of aromatic nitrogens is 3. The van der Waals surface area contributed by atoms with Crippen LogP contribution < -0.4 is 10.1 Å². The minimum absolute atomic E-state index is 0.149. The van der Waals surface area contributed by atoms with E-state index in [1.54, 1.807) is 36.4 Å². The van der Waals surface area contributed by atoms with Crippen LogP contribution in [0, 0.1) is 0 Å². The Hall–Kier alpha value is -3.04. The second-order valence-corrected chi connectivity index (χ2v) is 8.03. The lowest BCUT2D eigenvalue weighted by atomic mass is 10.2. The average Bonchev–Trinajstić information content (AvgIpc) is 3.22. The van der Waals surface area contributed by atoms with Gasteiger partial charge in [0, 0.05) is 12.2 Å². The molecule has 0 saturated carbocycles. The molecule has 1 atom stereocenters. The van der Waals surface area contributed by atoms with Gasteiger partial charge in [0.1, 0.15) is 5.75 Å². The Morgan fingerprint density at radius 3 is 2.53 bits per heavy atom. The number of ether oxygens (including phenoxy) is 2. The van der Waals surface area contributed by atoms with Crippen molar-refractivity contribution < 1.29 is 19.1 Å². The first-order chi connectivity index (χ1) is 15.4. The summed E-state index contributed by atoms with van der Waals surface area (Å²) in [4.78, 5) is 23.9. The fraction of sp³-hybridized carbons (Fsp3) is 0.273. The molecule has 3 rings (SSSR count). The lowest BCUT2D eigenvalue weighted by Gasteiger charge is -2.16. The lowest BCUT2D eigenvalue weighted by molar-refractivity contribution is -0.113. The molecule has 2 aromatic carbocycles. The van der Waals surface area contributed by atoms with Gasteiger partial charge in [-0.15, -0.1) is 10.2 Å². The Morgan fingerprint density at radius 1 is 1.16 bits per heavy atom. The van der Waals surface area contributed by atoms with E-state index >= 15 is 0 Å². The molecule has 8 nitrogen and oxygen atoms in total. The number of hydrogen-bond donors (Lipinski definition) is 1. The third kappa shape index (κ3) is 5.80. The summed E-state index contributed by atoms with van der Waals surface area (Å²) < 4.78 is 12.5. The number of nitrogens with one attached hydrogen (secondary N) is 1. The van der Waals surface area contributed by atoms with Crippen molar-refractivity contribution in [1.82, 2.24) is 14.8 Å². The summed E-state index contributed by atoms with van der Waals surface area (Å²) in [6.07, 6.45) is -0.376. The molecule has 1 aromatic heterocycles. The highest BCUT2D eigenvalue weighted by molar-refractivity contribution is 7.99. The first-order valence-electron chi connectivity index (χ1n) is 9.88. The number of anilines is 1. The van der Waals surface area contributed by atoms with Crippen LogP contribution in [0.2, 0.25) is 5.02 Å². The van der Waals surface area contributed by atoms with Crippen LogP contribution in [0.4, 0.5) is 5.69 Å². The number of hydrogen-bond acceptors (Lipinski definition) is 7. The molecule has 0 spiro atoms. The smallest absolute Gasteiger partial charge is 0.337 e. The van der Waals surface area contributed by atoms with Gasteiger partial charge in [0.25, 0.3) is 0 Å². The van der Waals surface area contributed by atoms with Crippen molar-refractivity contribution in [3.05, 3.63) is 64.9 Å². The normalized spacial score (nSPS) is 11.6. The van der Waals surface area contributed by atoms with Gasteiger partial charge in [-0.25, -0.2) is 4.79 Å². The topological polar surface area (TPSA) is 95.3 Å². The minimum Gasteiger partial charge on any atom is -0.481 e. The number of para-hydroxylation sites is 1. The number of halogens is 1. The Labute approximate surface area is 195 Å². The van der Waals surface area contributed by atoms with Gasteiger partial charge in [0.15, 0.2) is 17.1 Å². The molecular formula is C22H23ClN4O4S. The second kappa shape index (κ2) is 11.0. The van der Waals surface area contributed by atoms with E-state index in [9.17, 15) is 9.59 Å². The van der Waals surface area contributed by atoms with Gasteiger partial charge in [-0.2, -0.15) is 0 Å². The first kappa shape index (κ1) is 23.6. The van der Waals surface area contributed by atoms with Gasteiger partial charge in [0.2, 0.25) is 5.91 Å². The fourth-order valence-corrected chi connectivity index (χ4v) is 3.91. The van der Waals surface area contributed by atoms with E-state index in [0.29, 0.717) is 39.5 Å². The van der Waals surface area contributed by atoms with Crippen molar-refractivity contribution in [2.75, 3.05) is 18.2 Å². The number of carbonyl (C=O) groups is 2. The van der Waals surface area contributed by atoms with E-state index in [1.165, 1.54) is 18.9 Å². The van der Waals surface area contributed by atoms with Crippen LogP contribution in [-0.2, 0) is 16.1 Å². The molecule has 32 heavy (non-hydrogen) atoms. The predicted octanol–water partition coefficient (Wildman–Crippen LogP) is 4.61. The van der Waals surface area contributed by atoms with Crippen molar-refractivity contribution in [3.8, 4) is 5.75 Å². The predicted molar refractivity (Wildman–Crippen MR) is 123 cm³/mol. The van der Waals surface area contributed by atoms with Crippen LogP contribution in [0.25, 0.3) is 0 Å². The van der Waals surface area contributed by atoms with E-state index in [4.69, 9.17) is 16.3 Å². The molecule has 0 radical (unpaired) electrons.